The molecule has 2 heterocycles. The summed E-state index contributed by atoms with van der Waals surface area (Å²) < 4.78 is 13.7. The molecule has 0 spiro atoms. The molecule has 1 aliphatic rings. The minimum Gasteiger partial charge on any atom is -0.456 e. The summed E-state index contributed by atoms with van der Waals surface area (Å²) in [7, 11) is 0. The van der Waals surface area contributed by atoms with Crippen molar-refractivity contribution in [3.05, 3.63) is 138 Å². The van der Waals surface area contributed by atoms with Gasteiger partial charge in [-0.1, -0.05) is 134 Å². The third-order valence-corrected chi connectivity index (χ3v) is 10.9. The molecule has 0 bridgehead atoms. The minimum absolute atomic E-state index is 0.0393. The van der Waals surface area contributed by atoms with Crippen molar-refractivity contribution in [3.63, 3.8) is 0 Å². The fraction of sp³-hybridized carbons (Fsp3) is 0.234. The number of para-hydroxylation sites is 2. The first-order valence-corrected chi connectivity index (χ1v) is 17.8. The Morgan fingerprint density at radius 2 is 1.14 bits per heavy atom. The number of furan rings is 2. The molecule has 0 aliphatic heterocycles. The summed E-state index contributed by atoms with van der Waals surface area (Å²) in [6.45, 7) is 18.5. The molecule has 3 heteroatoms. The molecule has 0 saturated carbocycles. The molecule has 0 atom stereocenters. The average molecular weight is 654 g/mol. The number of benzene rings is 6. The van der Waals surface area contributed by atoms with Gasteiger partial charge in [-0.2, -0.15) is 0 Å². The predicted octanol–water partition coefficient (Wildman–Crippen LogP) is 13.9. The van der Waals surface area contributed by atoms with Crippen LogP contribution in [0.4, 0.5) is 17.1 Å². The molecule has 9 rings (SSSR count). The summed E-state index contributed by atoms with van der Waals surface area (Å²) in [6.07, 6.45) is 0. The molecule has 3 nitrogen and oxygen atoms in total. The van der Waals surface area contributed by atoms with Crippen LogP contribution >= 0.6 is 0 Å². The molecule has 0 unspecified atom stereocenters. The lowest BCUT2D eigenvalue weighted by atomic mass is 9.79. The Balaban J connectivity index is 1.44. The van der Waals surface area contributed by atoms with Crippen LogP contribution in [0.5, 0.6) is 0 Å². The lowest BCUT2D eigenvalue weighted by molar-refractivity contribution is 0.559. The van der Waals surface area contributed by atoms with Gasteiger partial charge in [-0.05, 0) is 75.0 Å². The maximum atomic E-state index is 6.91. The third kappa shape index (κ3) is 4.35. The van der Waals surface area contributed by atoms with Gasteiger partial charge < -0.3 is 13.7 Å². The molecule has 1 aliphatic carbocycles. The average Bonchev–Trinajstić information content (AvgIpc) is 3.73. The SMILES string of the molecule is CC(C)(C)c1cc(C(C)(C)C)c2oc3cccc(N(c4cccc5c4C(C)(C)c4ccccc4-5)c4cccc5c4oc4ccccc45)c3c2c1. The van der Waals surface area contributed by atoms with Crippen LogP contribution in [0.2, 0.25) is 0 Å². The van der Waals surface area contributed by atoms with Crippen LogP contribution in [0.1, 0.15) is 77.6 Å². The molecule has 0 radical (unpaired) electrons. The van der Waals surface area contributed by atoms with Gasteiger partial charge in [-0.15, -0.1) is 0 Å². The van der Waals surface area contributed by atoms with Gasteiger partial charge in [0.15, 0.2) is 5.58 Å². The van der Waals surface area contributed by atoms with E-state index in [9.17, 15) is 0 Å². The van der Waals surface area contributed by atoms with Crippen molar-refractivity contribution in [1.82, 2.24) is 0 Å². The van der Waals surface area contributed by atoms with E-state index in [0.29, 0.717) is 0 Å². The highest BCUT2D eigenvalue weighted by atomic mass is 16.3. The van der Waals surface area contributed by atoms with E-state index in [-0.39, 0.29) is 16.2 Å². The summed E-state index contributed by atoms with van der Waals surface area (Å²) in [4.78, 5) is 2.45. The fourth-order valence-electron chi connectivity index (χ4n) is 8.39. The van der Waals surface area contributed by atoms with E-state index in [0.717, 1.165) is 60.9 Å². The molecule has 248 valence electrons. The van der Waals surface area contributed by atoms with Crippen molar-refractivity contribution < 1.29 is 8.83 Å². The van der Waals surface area contributed by atoms with Gasteiger partial charge in [-0.25, -0.2) is 0 Å². The molecule has 0 saturated heterocycles. The lowest BCUT2D eigenvalue weighted by Gasteiger charge is -2.32. The van der Waals surface area contributed by atoms with Gasteiger partial charge in [0.1, 0.15) is 16.7 Å². The van der Waals surface area contributed by atoms with Crippen LogP contribution in [-0.2, 0) is 16.2 Å². The number of hydrogen-bond donors (Lipinski definition) is 0. The summed E-state index contributed by atoms with van der Waals surface area (Å²) >= 11 is 0. The van der Waals surface area contributed by atoms with E-state index in [1.165, 1.54) is 33.4 Å². The molecule has 0 fully saturated rings. The Morgan fingerprint density at radius 3 is 1.94 bits per heavy atom. The first-order chi connectivity index (χ1) is 23.8. The van der Waals surface area contributed by atoms with Gasteiger partial charge in [0, 0.05) is 27.1 Å². The number of nitrogens with zero attached hydrogens (tertiary/aromatic N) is 1. The monoisotopic (exact) mass is 653 g/mol. The topological polar surface area (TPSA) is 29.5 Å². The number of anilines is 3. The van der Waals surface area contributed by atoms with Gasteiger partial charge >= 0.3 is 0 Å². The highest BCUT2D eigenvalue weighted by Gasteiger charge is 2.39. The first kappa shape index (κ1) is 30.8. The third-order valence-electron chi connectivity index (χ3n) is 10.9. The number of rotatable bonds is 3. The Labute approximate surface area is 294 Å². The number of hydrogen-bond acceptors (Lipinski definition) is 3. The van der Waals surface area contributed by atoms with Crippen molar-refractivity contribution in [3.8, 4) is 11.1 Å². The summed E-state index contributed by atoms with van der Waals surface area (Å²) in [5.41, 5.74) is 14.2. The molecule has 6 aromatic carbocycles. The first-order valence-electron chi connectivity index (χ1n) is 17.8. The molecular weight excluding hydrogens is 611 g/mol. The molecule has 50 heavy (non-hydrogen) atoms. The van der Waals surface area contributed by atoms with E-state index in [4.69, 9.17) is 8.83 Å². The standard InChI is InChI=1S/C47H43NO2/c1-45(2,3)28-26-33-41-36(21-15-25-40(41)50-43(33)35(27-28)46(4,5)6)48(38-23-14-19-32-30-17-10-12-24-39(30)49-44(32)38)37-22-13-18-31-29-16-9-11-20-34(29)47(7,8)42(31)37/h9-27H,1-8H3. The second kappa shape index (κ2) is 10.4. The van der Waals surface area contributed by atoms with Crippen molar-refractivity contribution >= 4 is 60.9 Å². The van der Waals surface area contributed by atoms with E-state index < -0.39 is 0 Å². The van der Waals surface area contributed by atoms with Crippen molar-refractivity contribution in [2.45, 2.75) is 71.6 Å². The molecule has 8 aromatic rings. The zero-order valence-electron chi connectivity index (χ0n) is 30.2. The van der Waals surface area contributed by atoms with E-state index >= 15 is 0 Å². The summed E-state index contributed by atoms with van der Waals surface area (Å²) in [5.74, 6) is 0. The maximum Gasteiger partial charge on any atom is 0.159 e. The van der Waals surface area contributed by atoms with Crippen LogP contribution in [0.25, 0.3) is 55.0 Å². The molecule has 2 aromatic heterocycles. The lowest BCUT2D eigenvalue weighted by Crippen LogP contribution is -2.21. The molecular formula is C47H43NO2. The van der Waals surface area contributed by atoms with Crippen molar-refractivity contribution in [2.75, 3.05) is 4.90 Å². The Morgan fingerprint density at radius 1 is 0.520 bits per heavy atom. The highest BCUT2D eigenvalue weighted by Crippen LogP contribution is 2.56. The van der Waals surface area contributed by atoms with E-state index in [2.05, 4.69) is 169 Å². The Bertz CT molecular complexity index is 2650. The van der Waals surface area contributed by atoms with Crippen LogP contribution in [0.15, 0.2) is 124 Å². The smallest absolute Gasteiger partial charge is 0.159 e. The van der Waals surface area contributed by atoms with E-state index in [1.807, 2.05) is 6.07 Å². The largest absolute Gasteiger partial charge is 0.456 e. The zero-order valence-corrected chi connectivity index (χ0v) is 30.2. The summed E-state index contributed by atoms with van der Waals surface area (Å²) in [6, 6.07) is 41.8. The van der Waals surface area contributed by atoms with Crippen LogP contribution in [0.3, 0.4) is 0 Å². The highest BCUT2D eigenvalue weighted by molar-refractivity contribution is 6.17. The fourth-order valence-corrected chi connectivity index (χ4v) is 8.39. The van der Waals surface area contributed by atoms with Crippen LogP contribution in [0, 0.1) is 0 Å². The minimum atomic E-state index is -0.228. The molecule has 0 amide bonds. The second-order valence-corrected chi connectivity index (χ2v) is 16.6. The Kier molecular flexibility index (Phi) is 6.38. The van der Waals surface area contributed by atoms with Gasteiger partial charge in [-0.3, -0.25) is 0 Å². The van der Waals surface area contributed by atoms with Gasteiger partial charge in [0.05, 0.1) is 22.4 Å². The predicted molar refractivity (Wildman–Crippen MR) is 211 cm³/mol. The zero-order chi connectivity index (χ0) is 34.7. The normalized spacial score (nSPS) is 14.2. The quantitative estimate of drug-likeness (QED) is 0.190. The second-order valence-electron chi connectivity index (χ2n) is 16.6. The maximum absolute atomic E-state index is 6.91. The number of fused-ring (bicyclic) bond motifs is 9. The molecule has 0 N–H and O–H groups in total. The van der Waals surface area contributed by atoms with Gasteiger partial charge in [0.25, 0.3) is 0 Å². The van der Waals surface area contributed by atoms with Crippen LogP contribution in [-0.4, -0.2) is 0 Å². The van der Waals surface area contributed by atoms with Crippen molar-refractivity contribution in [1.29, 1.82) is 0 Å². The van der Waals surface area contributed by atoms with Crippen LogP contribution < -0.4 is 4.90 Å². The van der Waals surface area contributed by atoms with Crippen molar-refractivity contribution in [2.24, 2.45) is 0 Å². The summed E-state index contributed by atoms with van der Waals surface area (Å²) in [5, 5.41) is 4.47. The van der Waals surface area contributed by atoms with Gasteiger partial charge in [0.2, 0.25) is 0 Å². The van der Waals surface area contributed by atoms with E-state index in [1.54, 1.807) is 0 Å². The Hall–Kier alpha value is -5.28.